The summed E-state index contributed by atoms with van der Waals surface area (Å²) in [6, 6.07) is 15.8. The molecular weight excluding hydrogens is 251 g/mol. The van der Waals surface area contributed by atoms with Gasteiger partial charge in [0, 0.05) is 24.4 Å². The van der Waals surface area contributed by atoms with Crippen molar-refractivity contribution in [1.82, 2.24) is 0 Å². The van der Waals surface area contributed by atoms with Crippen LogP contribution >= 0.6 is 0 Å². The van der Waals surface area contributed by atoms with Crippen LogP contribution in [-0.2, 0) is 9.31 Å². The largest absolute Gasteiger partial charge is 0.496 e. The Kier molecular flexibility index (Phi) is 3.90. The summed E-state index contributed by atoms with van der Waals surface area (Å²) in [7, 11) is -0.360. The second kappa shape index (κ2) is 5.99. The third-order valence-corrected chi connectivity index (χ3v) is 3.27. The molecule has 1 heterocycles. The fourth-order valence-electron chi connectivity index (χ4n) is 2.24. The van der Waals surface area contributed by atoms with E-state index in [2.05, 4.69) is 5.32 Å². The zero-order chi connectivity index (χ0) is 13.8. The van der Waals surface area contributed by atoms with Crippen LogP contribution in [0.15, 0.2) is 48.5 Å². The normalized spacial score (nSPS) is 15.1. The third kappa shape index (κ3) is 2.79. The van der Waals surface area contributed by atoms with E-state index in [1.807, 2.05) is 48.5 Å². The lowest BCUT2D eigenvalue weighted by Crippen LogP contribution is -2.42. The monoisotopic (exact) mass is 268 g/mol. The Balaban J connectivity index is 1.85. The van der Waals surface area contributed by atoms with E-state index in [4.69, 9.17) is 15.0 Å². The van der Waals surface area contributed by atoms with Gasteiger partial charge in [-0.3, -0.25) is 0 Å². The molecule has 0 aromatic heterocycles. The quantitative estimate of drug-likeness (QED) is 0.661. The number of rotatable bonds is 3. The van der Waals surface area contributed by atoms with Crippen molar-refractivity contribution in [1.29, 1.82) is 0 Å². The second-order valence-corrected chi connectivity index (χ2v) is 4.73. The van der Waals surface area contributed by atoms with E-state index in [1.165, 1.54) is 0 Å². The summed E-state index contributed by atoms with van der Waals surface area (Å²) >= 11 is 0. The maximum Gasteiger partial charge on any atom is 0.496 e. The molecule has 5 heteroatoms. The molecule has 1 aliphatic rings. The first-order chi connectivity index (χ1) is 9.84. The lowest BCUT2D eigenvalue weighted by atomic mass is 9.76. The van der Waals surface area contributed by atoms with Gasteiger partial charge in [-0.2, -0.15) is 0 Å². The molecule has 1 fully saturated rings. The Hall–Kier alpha value is -1.98. The fourth-order valence-corrected chi connectivity index (χ4v) is 2.24. The summed E-state index contributed by atoms with van der Waals surface area (Å²) in [5.74, 6) is 0. The van der Waals surface area contributed by atoms with Crippen LogP contribution in [0.5, 0.6) is 0 Å². The van der Waals surface area contributed by atoms with Crippen molar-refractivity contribution in [3.05, 3.63) is 48.5 Å². The molecule has 0 bridgehead atoms. The predicted molar refractivity (Wildman–Crippen MR) is 82.5 cm³/mol. The van der Waals surface area contributed by atoms with Gasteiger partial charge < -0.3 is 20.4 Å². The van der Waals surface area contributed by atoms with Crippen LogP contribution in [0.25, 0.3) is 0 Å². The minimum absolute atomic E-state index is 0.360. The van der Waals surface area contributed by atoms with Crippen molar-refractivity contribution >= 4 is 29.6 Å². The first-order valence-electron chi connectivity index (χ1n) is 6.78. The number of nitrogens with one attached hydrogen (secondary N) is 1. The molecule has 2 aromatic carbocycles. The molecule has 0 atom stereocenters. The average Bonchev–Trinajstić information content (AvgIpc) is 2.51. The third-order valence-electron chi connectivity index (χ3n) is 3.27. The standard InChI is InChI=1S/C15H17BN2O2/c17-15-13(16-19-10-5-11-20-16)8-4-9-14(15)18-12-6-2-1-3-7-12/h1-4,6-9,18H,5,10-11,17H2. The van der Waals surface area contributed by atoms with Crippen LogP contribution in [0.2, 0.25) is 0 Å². The molecule has 2 aromatic rings. The van der Waals surface area contributed by atoms with Crippen LogP contribution in [0.3, 0.4) is 0 Å². The Morgan fingerprint density at radius 1 is 0.950 bits per heavy atom. The fraction of sp³-hybridized carbons (Fsp3) is 0.200. The molecular formula is C15H17BN2O2. The molecule has 0 aliphatic carbocycles. The van der Waals surface area contributed by atoms with Crippen LogP contribution in [0.1, 0.15) is 6.42 Å². The van der Waals surface area contributed by atoms with Gasteiger partial charge in [0.15, 0.2) is 0 Å². The van der Waals surface area contributed by atoms with Gasteiger partial charge in [-0.1, -0.05) is 30.3 Å². The first kappa shape index (κ1) is 13.0. The van der Waals surface area contributed by atoms with Crippen LogP contribution in [-0.4, -0.2) is 20.3 Å². The van der Waals surface area contributed by atoms with E-state index in [0.29, 0.717) is 18.9 Å². The maximum absolute atomic E-state index is 6.24. The van der Waals surface area contributed by atoms with E-state index in [-0.39, 0.29) is 7.12 Å². The van der Waals surface area contributed by atoms with Crippen molar-refractivity contribution < 1.29 is 9.31 Å². The summed E-state index contributed by atoms with van der Waals surface area (Å²) in [6.45, 7) is 1.42. The summed E-state index contributed by atoms with van der Waals surface area (Å²) in [6.07, 6.45) is 0.929. The van der Waals surface area contributed by atoms with Gasteiger partial charge in [-0.15, -0.1) is 0 Å². The Morgan fingerprint density at radius 3 is 2.45 bits per heavy atom. The minimum atomic E-state index is -0.360. The number of para-hydroxylation sites is 2. The van der Waals surface area contributed by atoms with E-state index in [0.717, 1.165) is 23.3 Å². The Labute approximate surface area is 119 Å². The van der Waals surface area contributed by atoms with Gasteiger partial charge in [-0.05, 0) is 24.6 Å². The first-order valence-corrected chi connectivity index (χ1v) is 6.78. The number of anilines is 3. The van der Waals surface area contributed by atoms with E-state index in [9.17, 15) is 0 Å². The van der Waals surface area contributed by atoms with Crippen molar-refractivity contribution in [2.24, 2.45) is 0 Å². The molecule has 3 rings (SSSR count). The van der Waals surface area contributed by atoms with Crippen LogP contribution < -0.4 is 16.5 Å². The second-order valence-electron chi connectivity index (χ2n) is 4.73. The van der Waals surface area contributed by atoms with Gasteiger partial charge in [0.25, 0.3) is 0 Å². The van der Waals surface area contributed by atoms with Crippen molar-refractivity contribution in [3.63, 3.8) is 0 Å². The molecule has 3 N–H and O–H groups in total. The van der Waals surface area contributed by atoms with Crippen molar-refractivity contribution in [2.75, 3.05) is 24.3 Å². The lowest BCUT2D eigenvalue weighted by molar-refractivity contribution is 0.143. The summed E-state index contributed by atoms with van der Waals surface area (Å²) in [4.78, 5) is 0. The molecule has 0 spiro atoms. The van der Waals surface area contributed by atoms with E-state index in [1.54, 1.807) is 0 Å². The molecule has 1 saturated heterocycles. The molecule has 0 amide bonds. The predicted octanol–water partition coefficient (Wildman–Crippen LogP) is 2.14. The molecule has 4 nitrogen and oxygen atoms in total. The average molecular weight is 268 g/mol. The molecule has 102 valence electrons. The van der Waals surface area contributed by atoms with E-state index < -0.39 is 0 Å². The topological polar surface area (TPSA) is 56.5 Å². The summed E-state index contributed by atoms with van der Waals surface area (Å²) in [5, 5.41) is 3.32. The summed E-state index contributed by atoms with van der Waals surface area (Å²) in [5.41, 5.74) is 9.66. The van der Waals surface area contributed by atoms with Crippen LogP contribution in [0, 0.1) is 0 Å². The van der Waals surface area contributed by atoms with Gasteiger partial charge in [0.05, 0.1) is 11.4 Å². The van der Waals surface area contributed by atoms with Gasteiger partial charge >= 0.3 is 7.12 Å². The Bertz CT molecular complexity index is 571. The summed E-state index contributed by atoms with van der Waals surface area (Å²) < 4.78 is 11.2. The highest BCUT2D eigenvalue weighted by Crippen LogP contribution is 2.22. The molecule has 1 aliphatic heterocycles. The SMILES string of the molecule is Nc1c(Nc2ccccc2)cccc1B1OCCCO1. The van der Waals surface area contributed by atoms with Gasteiger partial charge in [0.1, 0.15) is 0 Å². The highest BCUT2D eigenvalue weighted by molar-refractivity contribution is 6.63. The molecule has 20 heavy (non-hydrogen) atoms. The highest BCUT2D eigenvalue weighted by Gasteiger charge is 2.27. The number of nitrogen functional groups attached to an aromatic ring is 1. The van der Waals surface area contributed by atoms with Crippen molar-refractivity contribution in [3.8, 4) is 0 Å². The zero-order valence-corrected chi connectivity index (χ0v) is 11.2. The molecule has 0 saturated carbocycles. The number of hydrogen-bond donors (Lipinski definition) is 2. The molecule has 0 radical (unpaired) electrons. The van der Waals surface area contributed by atoms with Crippen LogP contribution in [0.4, 0.5) is 17.1 Å². The number of hydrogen-bond acceptors (Lipinski definition) is 4. The van der Waals surface area contributed by atoms with Crippen molar-refractivity contribution in [2.45, 2.75) is 6.42 Å². The zero-order valence-electron chi connectivity index (χ0n) is 11.2. The number of benzene rings is 2. The van der Waals surface area contributed by atoms with Gasteiger partial charge in [0.2, 0.25) is 0 Å². The highest BCUT2D eigenvalue weighted by atomic mass is 16.6. The minimum Gasteiger partial charge on any atom is -0.407 e. The number of nitrogens with two attached hydrogens (primary N) is 1. The smallest absolute Gasteiger partial charge is 0.407 e. The van der Waals surface area contributed by atoms with Gasteiger partial charge in [-0.25, -0.2) is 0 Å². The van der Waals surface area contributed by atoms with E-state index >= 15 is 0 Å². The maximum atomic E-state index is 6.24. The lowest BCUT2D eigenvalue weighted by Gasteiger charge is -2.22. The Morgan fingerprint density at radius 2 is 1.70 bits per heavy atom. The molecule has 0 unspecified atom stereocenters.